The van der Waals surface area contributed by atoms with Crippen molar-refractivity contribution < 1.29 is 9.53 Å². The second-order valence-corrected chi connectivity index (χ2v) is 7.43. The van der Waals surface area contributed by atoms with Gasteiger partial charge in [-0.05, 0) is 56.7 Å². The lowest BCUT2D eigenvalue weighted by Crippen LogP contribution is -2.50. The lowest BCUT2D eigenvalue weighted by Gasteiger charge is -2.36. The van der Waals surface area contributed by atoms with Crippen molar-refractivity contribution in [3.63, 3.8) is 0 Å². The molecule has 1 aliphatic heterocycles. The van der Waals surface area contributed by atoms with Gasteiger partial charge in [0.2, 0.25) is 0 Å². The topological polar surface area (TPSA) is 44.8 Å². The van der Waals surface area contributed by atoms with Crippen molar-refractivity contribution >= 4 is 29.0 Å². The fourth-order valence-corrected chi connectivity index (χ4v) is 3.41. The zero-order valence-electron chi connectivity index (χ0n) is 16.0. The fourth-order valence-electron chi connectivity index (χ4n) is 3.18. The molecular weight excluding hydrogens is 362 g/mol. The number of carbonyl (C=O) groups is 1. The third kappa shape index (κ3) is 4.86. The number of nitrogens with one attached hydrogen (secondary N) is 1. The van der Waals surface area contributed by atoms with Gasteiger partial charge in [0.1, 0.15) is 5.75 Å². The van der Waals surface area contributed by atoms with E-state index in [2.05, 4.69) is 16.3 Å². The summed E-state index contributed by atoms with van der Waals surface area (Å²) in [5, 5.41) is 3.65. The Morgan fingerprint density at radius 3 is 2.48 bits per heavy atom. The number of aryl methyl sites for hydroxylation is 1. The third-order valence-corrected chi connectivity index (χ3v) is 4.80. The summed E-state index contributed by atoms with van der Waals surface area (Å²) >= 11 is 5.98. The van der Waals surface area contributed by atoms with E-state index >= 15 is 0 Å². The molecule has 3 rings (SSSR count). The molecule has 0 radical (unpaired) electrons. The number of hydrogen-bond acceptors (Lipinski definition) is 3. The molecular formula is C21H26ClN3O2. The van der Waals surface area contributed by atoms with Gasteiger partial charge in [-0.25, -0.2) is 4.79 Å². The second-order valence-electron chi connectivity index (χ2n) is 7.00. The van der Waals surface area contributed by atoms with Crippen molar-refractivity contribution in [3.05, 3.63) is 53.1 Å². The summed E-state index contributed by atoms with van der Waals surface area (Å²) in [7, 11) is 0. The maximum absolute atomic E-state index is 12.6. The number of rotatable bonds is 4. The van der Waals surface area contributed by atoms with E-state index in [1.807, 2.05) is 56.0 Å². The van der Waals surface area contributed by atoms with Crippen LogP contribution in [0.4, 0.5) is 16.2 Å². The standard InChI is InChI=1S/C21H26ClN3O2/c1-15(2)27-20-7-5-4-6-19(20)24-10-12-25(13-11-24)21(26)23-18-9-8-17(22)14-16(18)3/h4-9,14-15H,10-13H2,1-3H3,(H,23,26). The summed E-state index contributed by atoms with van der Waals surface area (Å²) in [6.45, 7) is 8.85. The number of nitrogens with zero attached hydrogens (tertiary/aromatic N) is 2. The molecule has 0 atom stereocenters. The van der Waals surface area contributed by atoms with Crippen molar-refractivity contribution in [1.82, 2.24) is 4.90 Å². The van der Waals surface area contributed by atoms with Gasteiger partial charge in [0.25, 0.3) is 0 Å². The van der Waals surface area contributed by atoms with Gasteiger partial charge < -0.3 is 19.9 Å². The summed E-state index contributed by atoms with van der Waals surface area (Å²) in [5.74, 6) is 0.891. The van der Waals surface area contributed by atoms with Crippen LogP contribution >= 0.6 is 11.6 Å². The number of para-hydroxylation sites is 2. The Morgan fingerprint density at radius 1 is 1.11 bits per heavy atom. The number of hydrogen-bond donors (Lipinski definition) is 1. The summed E-state index contributed by atoms with van der Waals surface area (Å²) in [5.41, 5.74) is 2.83. The van der Waals surface area contributed by atoms with E-state index in [4.69, 9.17) is 16.3 Å². The van der Waals surface area contributed by atoms with E-state index in [9.17, 15) is 4.79 Å². The molecule has 2 aromatic carbocycles. The van der Waals surface area contributed by atoms with E-state index < -0.39 is 0 Å². The van der Waals surface area contributed by atoms with Crippen LogP contribution in [0.3, 0.4) is 0 Å². The van der Waals surface area contributed by atoms with E-state index in [-0.39, 0.29) is 12.1 Å². The molecule has 1 heterocycles. The molecule has 0 bridgehead atoms. The normalized spacial score (nSPS) is 14.4. The molecule has 1 aliphatic rings. The average Bonchev–Trinajstić information content (AvgIpc) is 2.64. The quantitative estimate of drug-likeness (QED) is 0.820. The van der Waals surface area contributed by atoms with Crippen molar-refractivity contribution in [2.75, 3.05) is 36.4 Å². The first-order chi connectivity index (χ1) is 12.9. The van der Waals surface area contributed by atoms with Crippen molar-refractivity contribution in [2.45, 2.75) is 26.9 Å². The van der Waals surface area contributed by atoms with Gasteiger partial charge in [-0.3, -0.25) is 0 Å². The minimum atomic E-state index is -0.0770. The van der Waals surface area contributed by atoms with E-state index in [1.54, 1.807) is 6.07 Å². The number of piperazine rings is 1. The predicted molar refractivity (Wildman–Crippen MR) is 111 cm³/mol. The molecule has 0 spiro atoms. The molecule has 1 N–H and O–H groups in total. The zero-order chi connectivity index (χ0) is 19.4. The molecule has 1 fully saturated rings. The van der Waals surface area contributed by atoms with Gasteiger partial charge in [-0.15, -0.1) is 0 Å². The average molecular weight is 388 g/mol. The molecule has 27 heavy (non-hydrogen) atoms. The lowest BCUT2D eigenvalue weighted by atomic mass is 10.2. The number of amides is 2. The Morgan fingerprint density at radius 2 is 1.81 bits per heavy atom. The zero-order valence-corrected chi connectivity index (χ0v) is 16.8. The van der Waals surface area contributed by atoms with Crippen LogP contribution in [0.5, 0.6) is 5.75 Å². The van der Waals surface area contributed by atoms with Gasteiger partial charge in [0.15, 0.2) is 0 Å². The molecule has 6 heteroatoms. The summed E-state index contributed by atoms with van der Waals surface area (Å²) in [6.07, 6.45) is 0.126. The number of halogens is 1. The summed E-state index contributed by atoms with van der Waals surface area (Å²) in [6, 6.07) is 13.5. The van der Waals surface area contributed by atoms with Crippen LogP contribution in [-0.4, -0.2) is 43.2 Å². The monoisotopic (exact) mass is 387 g/mol. The van der Waals surface area contributed by atoms with Gasteiger partial charge in [-0.2, -0.15) is 0 Å². The minimum absolute atomic E-state index is 0.0770. The minimum Gasteiger partial charge on any atom is -0.489 e. The SMILES string of the molecule is Cc1cc(Cl)ccc1NC(=O)N1CCN(c2ccccc2OC(C)C)CC1. The maximum atomic E-state index is 12.6. The molecule has 2 amide bonds. The maximum Gasteiger partial charge on any atom is 0.321 e. The molecule has 0 saturated carbocycles. The van der Waals surface area contributed by atoms with Crippen LogP contribution < -0.4 is 15.0 Å². The van der Waals surface area contributed by atoms with Gasteiger partial charge >= 0.3 is 6.03 Å². The number of ether oxygens (including phenoxy) is 1. The van der Waals surface area contributed by atoms with Gasteiger partial charge in [0, 0.05) is 36.9 Å². The number of anilines is 2. The van der Waals surface area contributed by atoms with E-state index in [0.29, 0.717) is 18.1 Å². The van der Waals surface area contributed by atoms with Crippen LogP contribution in [0.2, 0.25) is 5.02 Å². The predicted octanol–water partition coefficient (Wildman–Crippen LogP) is 4.79. The lowest BCUT2D eigenvalue weighted by molar-refractivity contribution is 0.207. The second kappa shape index (κ2) is 8.53. The third-order valence-electron chi connectivity index (χ3n) is 4.57. The fraction of sp³-hybridized carbons (Fsp3) is 0.381. The highest BCUT2D eigenvalue weighted by Gasteiger charge is 2.23. The molecule has 1 saturated heterocycles. The van der Waals surface area contributed by atoms with Crippen LogP contribution in [0.15, 0.2) is 42.5 Å². The van der Waals surface area contributed by atoms with Crippen molar-refractivity contribution in [3.8, 4) is 5.75 Å². The van der Waals surface area contributed by atoms with Gasteiger partial charge in [-0.1, -0.05) is 23.7 Å². The van der Waals surface area contributed by atoms with Crippen LogP contribution in [0.25, 0.3) is 0 Å². The Bertz CT molecular complexity index is 802. The summed E-state index contributed by atoms with van der Waals surface area (Å²) < 4.78 is 5.93. The first kappa shape index (κ1) is 19.4. The molecule has 0 unspecified atom stereocenters. The number of benzene rings is 2. The Labute approximate surface area is 165 Å². The molecule has 2 aromatic rings. The Hall–Kier alpha value is -2.40. The highest BCUT2D eigenvalue weighted by atomic mass is 35.5. The Kier molecular flexibility index (Phi) is 6.11. The first-order valence-corrected chi connectivity index (χ1v) is 9.64. The van der Waals surface area contributed by atoms with Crippen LogP contribution in [-0.2, 0) is 0 Å². The van der Waals surface area contributed by atoms with Crippen molar-refractivity contribution in [1.29, 1.82) is 0 Å². The largest absolute Gasteiger partial charge is 0.489 e. The van der Waals surface area contributed by atoms with Crippen LogP contribution in [0.1, 0.15) is 19.4 Å². The Balaban J connectivity index is 1.61. The highest BCUT2D eigenvalue weighted by Crippen LogP contribution is 2.30. The van der Waals surface area contributed by atoms with E-state index in [1.165, 1.54) is 0 Å². The van der Waals surface area contributed by atoms with E-state index in [0.717, 1.165) is 35.8 Å². The molecule has 144 valence electrons. The smallest absolute Gasteiger partial charge is 0.321 e. The molecule has 0 aromatic heterocycles. The summed E-state index contributed by atoms with van der Waals surface area (Å²) in [4.78, 5) is 16.7. The molecule has 0 aliphatic carbocycles. The van der Waals surface area contributed by atoms with Gasteiger partial charge in [0.05, 0.1) is 11.8 Å². The first-order valence-electron chi connectivity index (χ1n) is 9.27. The molecule has 5 nitrogen and oxygen atoms in total. The van der Waals surface area contributed by atoms with Crippen molar-refractivity contribution in [2.24, 2.45) is 0 Å². The highest BCUT2D eigenvalue weighted by molar-refractivity contribution is 6.30. The number of urea groups is 1. The number of carbonyl (C=O) groups excluding carboxylic acids is 1. The van der Waals surface area contributed by atoms with Crippen LogP contribution in [0, 0.1) is 6.92 Å².